The molecule has 2 atom stereocenters. The molecular weight excluding hydrogens is 294 g/mol. The number of carbonyl (C=O) groups excluding carboxylic acids is 2. The third-order valence-corrected chi connectivity index (χ3v) is 4.63. The van der Waals surface area contributed by atoms with Gasteiger partial charge in [0.05, 0.1) is 11.6 Å². The van der Waals surface area contributed by atoms with Crippen LogP contribution in [0.4, 0.5) is 10.5 Å². The molecule has 1 saturated heterocycles. The fourth-order valence-corrected chi connectivity index (χ4v) is 3.18. The largest absolute Gasteiger partial charge is 0.375 e. The lowest BCUT2D eigenvalue weighted by atomic mass is 9.90. The molecule has 1 heterocycles. The molecule has 3 rings (SSSR count). The van der Waals surface area contributed by atoms with Crippen molar-refractivity contribution in [3.8, 4) is 0 Å². The molecule has 1 aliphatic carbocycles. The van der Waals surface area contributed by atoms with Gasteiger partial charge >= 0.3 is 6.03 Å². The van der Waals surface area contributed by atoms with Crippen LogP contribution in [-0.2, 0) is 4.74 Å². The fourth-order valence-electron chi connectivity index (χ4n) is 3.18. The van der Waals surface area contributed by atoms with Crippen molar-refractivity contribution in [2.75, 3.05) is 19.0 Å². The zero-order valence-corrected chi connectivity index (χ0v) is 13.5. The summed E-state index contributed by atoms with van der Waals surface area (Å²) in [5, 5.41) is 8.45. The second-order valence-electron chi connectivity index (χ2n) is 6.53. The van der Waals surface area contributed by atoms with E-state index < -0.39 is 0 Å². The molecular formula is C17H23N3O3. The van der Waals surface area contributed by atoms with Gasteiger partial charge in [0.15, 0.2) is 0 Å². The molecule has 6 nitrogen and oxygen atoms in total. The molecule has 0 spiro atoms. The summed E-state index contributed by atoms with van der Waals surface area (Å²) >= 11 is 0. The summed E-state index contributed by atoms with van der Waals surface area (Å²) in [7, 11) is 1.59. The first-order valence-electron chi connectivity index (χ1n) is 8.05. The van der Waals surface area contributed by atoms with Crippen LogP contribution in [0.15, 0.2) is 24.3 Å². The summed E-state index contributed by atoms with van der Waals surface area (Å²) in [6.07, 6.45) is 3.32. The highest BCUT2D eigenvalue weighted by Gasteiger charge is 2.49. The highest BCUT2D eigenvalue weighted by Crippen LogP contribution is 2.43. The lowest BCUT2D eigenvalue weighted by Crippen LogP contribution is -2.53. The molecule has 1 aromatic carbocycles. The average molecular weight is 317 g/mol. The van der Waals surface area contributed by atoms with Crippen molar-refractivity contribution in [1.82, 2.24) is 10.6 Å². The molecule has 1 saturated carbocycles. The molecule has 0 aromatic heterocycles. The summed E-state index contributed by atoms with van der Waals surface area (Å²) in [4.78, 5) is 23.8. The molecule has 3 amide bonds. The first-order valence-corrected chi connectivity index (χ1v) is 8.05. The van der Waals surface area contributed by atoms with E-state index in [9.17, 15) is 9.59 Å². The average Bonchev–Trinajstić information content (AvgIpc) is 3.30. The van der Waals surface area contributed by atoms with Gasteiger partial charge in [-0.25, -0.2) is 4.79 Å². The van der Waals surface area contributed by atoms with Crippen molar-refractivity contribution in [2.45, 2.75) is 37.8 Å². The lowest BCUT2D eigenvalue weighted by molar-refractivity contribution is 0.0597. The number of hydrogen-bond acceptors (Lipinski definition) is 3. The smallest absolute Gasteiger partial charge is 0.319 e. The quantitative estimate of drug-likeness (QED) is 0.796. The minimum absolute atomic E-state index is 0.115. The monoisotopic (exact) mass is 317 g/mol. The minimum Gasteiger partial charge on any atom is -0.375 e. The van der Waals surface area contributed by atoms with Gasteiger partial charge in [0, 0.05) is 24.9 Å². The van der Waals surface area contributed by atoms with Crippen LogP contribution < -0.4 is 16.0 Å². The van der Waals surface area contributed by atoms with Gasteiger partial charge < -0.3 is 20.7 Å². The van der Waals surface area contributed by atoms with Crippen molar-refractivity contribution in [2.24, 2.45) is 5.92 Å². The normalized spacial score (nSPS) is 26.6. The van der Waals surface area contributed by atoms with Crippen molar-refractivity contribution in [1.29, 1.82) is 0 Å². The van der Waals surface area contributed by atoms with E-state index in [1.165, 1.54) is 12.8 Å². The Labute approximate surface area is 136 Å². The number of anilines is 1. The van der Waals surface area contributed by atoms with Gasteiger partial charge in [-0.15, -0.1) is 0 Å². The van der Waals surface area contributed by atoms with Crippen molar-refractivity contribution >= 4 is 17.6 Å². The highest BCUT2D eigenvalue weighted by atomic mass is 16.5. The molecule has 1 aromatic rings. The number of ether oxygens (including phenoxy) is 1. The Hall–Kier alpha value is -2.08. The van der Waals surface area contributed by atoms with Crippen LogP contribution in [0.1, 0.15) is 36.5 Å². The Morgan fingerprint density at radius 1 is 1.22 bits per heavy atom. The van der Waals surface area contributed by atoms with Gasteiger partial charge in [-0.05, 0) is 56.4 Å². The summed E-state index contributed by atoms with van der Waals surface area (Å²) in [5.41, 5.74) is 0.900. The van der Waals surface area contributed by atoms with Gasteiger partial charge in [-0.3, -0.25) is 4.79 Å². The topological polar surface area (TPSA) is 79.5 Å². The molecule has 0 bridgehead atoms. The molecule has 124 valence electrons. The van der Waals surface area contributed by atoms with Gasteiger partial charge in [-0.2, -0.15) is 0 Å². The standard InChI is InChI=1S/C17H23N3O3/c1-17(9-10-23-14(17)11-3-4-11)20-16(22)19-13-7-5-12(6-8-13)15(21)18-2/h5-8,11,14H,3-4,9-10H2,1-2H3,(H,18,21)(H2,19,20,22)/t14-,17+/m0/s1. The van der Waals surface area contributed by atoms with E-state index in [0.29, 0.717) is 23.8 Å². The fraction of sp³-hybridized carbons (Fsp3) is 0.529. The third-order valence-electron chi connectivity index (χ3n) is 4.63. The van der Waals surface area contributed by atoms with E-state index in [2.05, 4.69) is 22.9 Å². The van der Waals surface area contributed by atoms with E-state index in [1.807, 2.05) is 0 Å². The third kappa shape index (κ3) is 3.47. The summed E-state index contributed by atoms with van der Waals surface area (Å²) in [6, 6.07) is 6.56. The summed E-state index contributed by atoms with van der Waals surface area (Å²) < 4.78 is 5.81. The SMILES string of the molecule is CNC(=O)c1ccc(NC(=O)N[C@]2(C)CCO[C@H]2C2CC2)cc1. The second-order valence-corrected chi connectivity index (χ2v) is 6.53. The van der Waals surface area contributed by atoms with Crippen LogP contribution in [0.2, 0.25) is 0 Å². The van der Waals surface area contributed by atoms with E-state index in [1.54, 1.807) is 31.3 Å². The van der Waals surface area contributed by atoms with Crippen molar-refractivity contribution in [3.63, 3.8) is 0 Å². The molecule has 0 radical (unpaired) electrons. The summed E-state index contributed by atoms with van der Waals surface area (Å²) in [6.45, 7) is 2.75. The minimum atomic E-state index is -0.312. The molecule has 1 aliphatic heterocycles. The Kier molecular flexibility index (Phi) is 4.26. The Morgan fingerprint density at radius 2 is 1.91 bits per heavy atom. The number of urea groups is 1. The van der Waals surface area contributed by atoms with Gasteiger partial charge in [-0.1, -0.05) is 0 Å². The van der Waals surface area contributed by atoms with Crippen molar-refractivity contribution < 1.29 is 14.3 Å². The molecule has 2 fully saturated rings. The van der Waals surface area contributed by atoms with Crippen LogP contribution in [0.3, 0.4) is 0 Å². The maximum atomic E-state index is 12.3. The number of amides is 3. The van der Waals surface area contributed by atoms with Gasteiger partial charge in [0.1, 0.15) is 0 Å². The Morgan fingerprint density at radius 3 is 2.52 bits per heavy atom. The van der Waals surface area contributed by atoms with Crippen LogP contribution in [0.5, 0.6) is 0 Å². The predicted molar refractivity (Wildman–Crippen MR) is 87.5 cm³/mol. The van der Waals surface area contributed by atoms with Crippen LogP contribution in [0, 0.1) is 5.92 Å². The zero-order chi connectivity index (χ0) is 16.4. The van der Waals surface area contributed by atoms with E-state index in [4.69, 9.17) is 4.74 Å². The van der Waals surface area contributed by atoms with Crippen molar-refractivity contribution in [3.05, 3.63) is 29.8 Å². The predicted octanol–water partition coefficient (Wildman–Crippen LogP) is 2.13. The van der Waals surface area contributed by atoms with Crippen LogP contribution in [-0.4, -0.2) is 37.2 Å². The van der Waals surface area contributed by atoms with Gasteiger partial charge in [0.25, 0.3) is 5.91 Å². The summed E-state index contributed by atoms with van der Waals surface area (Å²) in [5.74, 6) is 0.429. The highest BCUT2D eigenvalue weighted by molar-refractivity contribution is 5.95. The number of carbonyl (C=O) groups is 2. The molecule has 0 unspecified atom stereocenters. The number of nitrogens with one attached hydrogen (secondary N) is 3. The van der Waals surface area contributed by atoms with E-state index >= 15 is 0 Å². The maximum Gasteiger partial charge on any atom is 0.319 e. The Balaban J connectivity index is 1.59. The van der Waals surface area contributed by atoms with Crippen LogP contribution in [0.25, 0.3) is 0 Å². The first-order chi connectivity index (χ1) is 11.0. The second kappa shape index (κ2) is 6.20. The van der Waals surface area contributed by atoms with E-state index in [-0.39, 0.29) is 23.6 Å². The lowest BCUT2D eigenvalue weighted by Gasteiger charge is -2.31. The zero-order valence-electron chi connectivity index (χ0n) is 13.5. The van der Waals surface area contributed by atoms with Crippen LogP contribution >= 0.6 is 0 Å². The maximum absolute atomic E-state index is 12.3. The molecule has 23 heavy (non-hydrogen) atoms. The molecule has 6 heteroatoms. The number of rotatable bonds is 4. The Bertz CT molecular complexity index is 598. The first kappa shape index (κ1) is 15.8. The van der Waals surface area contributed by atoms with E-state index in [0.717, 1.165) is 6.42 Å². The number of hydrogen-bond donors (Lipinski definition) is 3. The van der Waals surface area contributed by atoms with Gasteiger partial charge in [0.2, 0.25) is 0 Å². The molecule has 3 N–H and O–H groups in total. The molecule has 2 aliphatic rings. The number of benzene rings is 1.